The predicted octanol–water partition coefficient (Wildman–Crippen LogP) is 2.08. The topological polar surface area (TPSA) is 28.2 Å². The Morgan fingerprint density at radius 2 is 2.29 bits per heavy atom. The first-order valence-electron chi connectivity index (χ1n) is 4.31. The van der Waals surface area contributed by atoms with Crippen molar-refractivity contribution >= 4 is 11.6 Å². The number of rotatable bonds is 2. The van der Waals surface area contributed by atoms with Crippen molar-refractivity contribution in [1.29, 1.82) is 0 Å². The maximum Gasteiger partial charge on any atom is 0.129 e. The molecule has 1 aromatic rings. The Labute approximate surface area is 87.7 Å². The highest BCUT2D eigenvalue weighted by atomic mass is 35.5. The lowest BCUT2D eigenvalue weighted by molar-refractivity contribution is 0.304. The molecule has 0 aliphatic carbocycles. The zero-order chi connectivity index (χ0) is 9.80. The average Bonchev–Trinajstić information content (AvgIpc) is 2.23. The average molecular weight is 208 g/mol. The van der Waals surface area contributed by atoms with Crippen LogP contribution in [0.25, 0.3) is 0 Å². The summed E-state index contributed by atoms with van der Waals surface area (Å²) in [5, 5.41) is 2.49. The molecule has 0 atom stereocenters. The van der Waals surface area contributed by atoms with E-state index in [1.165, 1.54) is 0 Å². The van der Waals surface area contributed by atoms with Gasteiger partial charge < -0.3 is 5.43 Å². The SMILES string of the molecule is Clc1ccc(CN2C=CC=CN2)cn1. The summed E-state index contributed by atoms with van der Waals surface area (Å²) in [7, 11) is 0. The minimum atomic E-state index is 0.524. The molecule has 0 spiro atoms. The molecule has 0 aromatic carbocycles. The maximum atomic E-state index is 5.69. The number of hydrazine groups is 1. The molecule has 1 N–H and O–H groups in total. The van der Waals surface area contributed by atoms with Gasteiger partial charge in [-0.15, -0.1) is 0 Å². The van der Waals surface area contributed by atoms with Crippen LogP contribution in [0, 0.1) is 0 Å². The molecule has 72 valence electrons. The second-order valence-electron chi connectivity index (χ2n) is 2.95. The third kappa shape index (κ3) is 2.26. The van der Waals surface area contributed by atoms with Gasteiger partial charge in [0.1, 0.15) is 5.15 Å². The molecule has 14 heavy (non-hydrogen) atoms. The Morgan fingerprint density at radius 3 is 2.93 bits per heavy atom. The van der Waals surface area contributed by atoms with Crippen LogP contribution in [-0.4, -0.2) is 9.99 Å². The summed E-state index contributed by atoms with van der Waals surface area (Å²) in [5.74, 6) is 0. The molecule has 1 aromatic heterocycles. The van der Waals surface area contributed by atoms with Crippen molar-refractivity contribution in [2.45, 2.75) is 6.54 Å². The van der Waals surface area contributed by atoms with E-state index in [1.807, 2.05) is 35.6 Å². The summed E-state index contributed by atoms with van der Waals surface area (Å²) in [4.78, 5) is 4.01. The van der Waals surface area contributed by atoms with Crippen molar-refractivity contribution in [3.63, 3.8) is 0 Å². The molecule has 2 rings (SSSR count). The number of aromatic nitrogens is 1. The Hall–Kier alpha value is -1.48. The van der Waals surface area contributed by atoms with E-state index in [1.54, 1.807) is 12.3 Å². The Bertz CT molecular complexity index is 356. The number of hydrogen-bond donors (Lipinski definition) is 1. The fraction of sp³-hybridized carbons (Fsp3) is 0.100. The molecule has 3 nitrogen and oxygen atoms in total. The van der Waals surface area contributed by atoms with Crippen LogP contribution in [-0.2, 0) is 6.54 Å². The molecule has 0 amide bonds. The summed E-state index contributed by atoms with van der Waals surface area (Å²) in [5.41, 5.74) is 4.20. The zero-order valence-corrected chi connectivity index (χ0v) is 8.28. The smallest absolute Gasteiger partial charge is 0.129 e. The summed E-state index contributed by atoms with van der Waals surface area (Å²) >= 11 is 5.69. The van der Waals surface area contributed by atoms with Gasteiger partial charge in [-0.2, -0.15) is 0 Å². The number of hydrogen-bond acceptors (Lipinski definition) is 3. The number of nitrogens with zero attached hydrogens (tertiary/aromatic N) is 2. The van der Waals surface area contributed by atoms with Gasteiger partial charge in [-0.1, -0.05) is 17.7 Å². The van der Waals surface area contributed by atoms with Gasteiger partial charge in [-0.25, -0.2) is 4.98 Å². The van der Waals surface area contributed by atoms with Crippen LogP contribution < -0.4 is 5.43 Å². The first kappa shape index (κ1) is 9.09. The van der Waals surface area contributed by atoms with Crippen molar-refractivity contribution in [3.05, 3.63) is 53.6 Å². The minimum absolute atomic E-state index is 0.524. The normalized spacial score (nSPS) is 14.2. The summed E-state index contributed by atoms with van der Waals surface area (Å²) in [6.07, 6.45) is 9.53. The number of halogens is 1. The van der Waals surface area contributed by atoms with Gasteiger partial charge in [0, 0.05) is 18.6 Å². The summed E-state index contributed by atoms with van der Waals surface area (Å²) in [6, 6.07) is 3.75. The molecule has 1 aliphatic rings. The van der Waals surface area contributed by atoms with Crippen molar-refractivity contribution in [1.82, 2.24) is 15.4 Å². The van der Waals surface area contributed by atoms with Gasteiger partial charge in [0.25, 0.3) is 0 Å². The molecule has 1 aliphatic heterocycles. The molecule has 0 fully saturated rings. The fourth-order valence-electron chi connectivity index (χ4n) is 1.19. The van der Waals surface area contributed by atoms with Gasteiger partial charge >= 0.3 is 0 Å². The van der Waals surface area contributed by atoms with E-state index in [0.717, 1.165) is 12.1 Å². The van der Waals surface area contributed by atoms with Crippen LogP contribution in [0.15, 0.2) is 42.9 Å². The highest BCUT2D eigenvalue weighted by Gasteiger charge is 2.00. The van der Waals surface area contributed by atoms with E-state index < -0.39 is 0 Å². The van der Waals surface area contributed by atoms with Crippen molar-refractivity contribution in [2.75, 3.05) is 0 Å². The van der Waals surface area contributed by atoms with Gasteiger partial charge in [-0.3, -0.25) is 5.01 Å². The first-order valence-corrected chi connectivity index (χ1v) is 4.69. The third-order valence-electron chi connectivity index (χ3n) is 1.86. The van der Waals surface area contributed by atoms with Crippen molar-refractivity contribution in [3.8, 4) is 0 Å². The van der Waals surface area contributed by atoms with Gasteiger partial charge in [0.05, 0.1) is 6.54 Å². The Balaban J connectivity index is 2.00. The lowest BCUT2D eigenvalue weighted by atomic mass is 10.3. The van der Waals surface area contributed by atoms with Crippen molar-refractivity contribution < 1.29 is 0 Å². The van der Waals surface area contributed by atoms with Crippen LogP contribution in [0.4, 0.5) is 0 Å². The summed E-state index contributed by atoms with van der Waals surface area (Å²) in [6.45, 7) is 0.769. The lowest BCUT2D eigenvalue weighted by Crippen LogP contribution is -2.29. The molecular weight excluding hydrogens is 198 g/mol. The highest BCUT2D eigenvalue weighted by molar-refractivity contribution is 6.29. The van der Waals surface area contributed by atoms with Gasteiger partial charge in [0.15, 0.2) is 0 Å². The van der Waals surface area contributed by atoms with Crippen LogP contribution in [0.1, 0.15) is 5.56 Å². The second kappa shape index (κ2) is 4.15. The van der Waals surface area contributed by atoms with E-state index in [-0.39, 0.29) is 0 Å². The number of pyridine rings is 1. The Kier molecular flexibility index (Phi) is 2.70. The Morgan fingerprint density at radius 1 is 1.36 bits per heavy atom. The molecule has 0 unspecified atom stereocenters. The van der Waals surface area contributed by atoms with Crippen LogP contribution in [0.3, 0.4) is 0 Å². The van der Waals surface area contributed by atoms with E-state index in [2.05, 4.69) is 10.4 Å². The molecule has 0 bridgehead atoms. The largest absolute Gasteiger partial charge is 0.306 e. The van der Waals surface area contributed by atoms with Crippen LogP contribution in [0.2, 0.25) is 5.15 Å². The fourth-order valence-corrected chi connectivity index (χ4v) is 1.30. The molecule has 2 heterocycles. The number of allylic oxidation sites excluding steroid dienone is 2. The van der Waals surface area contributed by atoms with E-state index >= 15 is 0 Å². The molecule has 0 saturated heterocycles. The molecule has 0 saturated carbocycles. The van der Waals surface area contributed by atoms with E-state index in [9.17, 15) is 0 Å². The molecular formula is C10H10ClN3. The monoisotopic (exact) mass is 207 g/mol. The molecule has 4 heteroatoms. The van der Waals surface area contributed by atoms with E-state index in [4.69, 9.17) is 11.6 Å². The quantitative estimate of drug-likeness (QED) is 0.753. The predicted molar refractivity (Wildman–Crippen MR) is 56.2 cm³/mol. The number of nitrogens with one attached hydrogen (secondary N) is 1. The van der Waals surface area contributed by atoms with E-state index in [0.29, 0.717) is 5.15 Å². The lowest BCUT2D eigenvalue weighted by Gasteiger charge is -2.21. The minimum Gasteiger partial charge on any atom is -0.306 e. The maximum absolute atomic E-state index is 5.69. The standard InChI is InChI=1S/C10H10ClN3/c11-10-4-3-9(7-12-10)8-14-6-2-1-5-13-14/h1-7,13H,8H2. The highest BCUT2D eigenvalue weighted by Crippen LogP contribution is 2.08. The first-order chi connectivity index (χ1) is 6.84. The van der Waals surface area contributed by atoms with Gasteiger partial charge in [0.2, 0.25) is 0 Å². The molecule has 0 radical (unpaired) electrons. The van der Waals surface area contributed by atoms with Crippen LogP contribution in [0.5, 0.6) is 0 Å². The van der Waals surface area contributed by atoms with Gasteiger partial charge in [-0.05, 0) is 23.8 Å². The van der Waals surface area contributed by atoms with Crippen molar-refractivity contribution in [2.24, 2.45) is 0 Å². The summed E-state index contributed by atoms with van der Waals surface area (Å²) < 4.78 is 0. The third-order valence-corrected chi connectivity index (χ3v) is 2.08. The zero-order valence-electron chi connectivity index (χ0n) is 7.52. The van der Waals surface area contributed by atoms with Crippen LogP contribution >= 0.6 is 11.6 Å². The second-order valence-corrected chi connectivity index (χ2v) is 3.33.